The van der Waals surface area contributed by atoms with E-state index in [9.17, 15) is 0 Å². The molecule has 1 atom stereocenters. The summed E-state index contributed by atoms with van der Waals surface area (Å²) in [7, 11) is 0. The van der Waals surface area contributed by atoms with Crippen LogP contribution in [0.3, 0.4) is 0 Å². The Morgan fingerprint density at radius 2 is 2.64 bits per heavy atom. The van der Waals surface area contributed by atoms with Crippen molar-refractivity contribution in [3.8, 4) is 0 Å². The molecule has 1 saturated heterocycles. The SMILES string of the molecule is CCn1ncnc1NCC1CCCO1. The second-order valence-electron chi connectivity index (χ2n) is 3.42. The summed E-state index contributed by atoms with van der Waals surface area (Å²) in [5.74, 6) is 0.836. The molecule has 0 aliphatic carbocycles. The molecule has 2 rings (SSSR count). The van der Waals surface area contributed by atoms with Gasteiger partial charge >= 0.3 is 0 Å². The van der Waals surface area contributed by atoms with Crippen LogP contribution in [0.25, 0.3) is 0 Å². The minimum atomic E-state index is 0.344. The Labute approximate surface area is 83.5 Å². The second-order valence-corrected chi connectivity index (χ2v) is 3.42. The van der Waals surface area contributed by atoms with E-state index in [-0.39, 0.29) is 0 Å². The quantitative estimate of drug-likeness (QED) is 0.777. The molecule has 2 heterocycles. The molecule has 14 heavy (non-hydrogen) atoms. The van der Waals surface area contributed by atoms with Crippen molar-refractivity contribution in [1.29, 1.82) is 0 Å². The average Bonchev–Trinajstić information content (AvgIpc) is 2.85. The van der Waals surface area contributed by atoms with Gasteiger partial charge in [0.05, 0.1) is 6.10 Å². The van der Waals surface area contributed by atoms with Crippen LogP contribution in [-0.2, 0) is 11.3 Å². The lowest BCUT2D eigenvalue weighted by molar-refractivity contribution is 0.120. The minimum absolute atomic E-state index is 0.344. The molecule has 5 heteroatoms. The van der Waals surface area contributed by atoms with E-state index in [4.69, 9.17) is 4.74 Å². The first kappa shape index (κ1) is 9.45. The highest BCUT2D eigenvalue weighted by Gasteiger charge is 2.15. The highest BCUT2D eigenvalue weighted by Crippen LogP contribution is 2.12. The maximum atomic E-state index is 5.50. The highest BCUT2D eigenvalue weighted by atomic mass is 16.5. The molecular formula is C9H16N4O. The third kappa shape index (κ3) is 2.04. The fourth-order valence-corrected chi connectivity index (χ4v) is 1.64. The Kier molecular flexibility index (Phi) is 2.98. The molecule has 1 fully saturated rings. The molecule has 1 aliphatic heterocycles. The predicted octanol–water partition coefficient (Wildman–Crippen LogP) is 0.889. The van der Waals surface area contributed by atoms with E-state index in [1.807, 2.05) is 11.6 Å². The van der Waals surface area contributed by atoms with Crippen molar-refractivity contribution in [2.45, 2.75) is 32.4 Å². The summed E-state index contributed by atoms with van der Waals surface area (Å²) < 4.78 is 7.35. The lowest BCUT2D eigenvalue weighted by Crippen LogP contribution is -2.20. The molecule has 0 spiro atoms. The van der Waals surface area contributed by atoms with E-state index in [0.717, 1.165) is 32.1 Å². The summed E-state index contributed by atoms with van der Waals surface area (Å²) in [5.41, 5.74) is 0. The third-order valence-corrected chi connectivity index (χ3v) is 2.43. The Morgan fingerprint density at radius 1 is 1.71 bits per heavy atom. The summed E-state index contributed by atoms with van der Waals surface area (Å²) >= 11 is 0. The van der Waals surface area contributed by atoms with Gasteiger partial charge in [0, 0.05) is 19.7 Å². The van der Waals surface area contributed by atoms with Gasteiger partial charge in [-0.15, -0.1) is 0 Å². The Hall–Kier alpha value is -1.10. The van der Waals surface area contributed by atoms with Gasteiger partial charge in [-0.25, -0.2) is 4.68 Å². The highest BCUT2D eigenvalue weighted by molar-refractivity contribution is 5.23. The molecule has 5 nitrogen and oxygen atoms in total. The van der Waals surface area contributed by atoms with Crippen LogP contribution in [0.5, 0.6) is 0 Å². The van der Waals surface area contributed by atoms with Gasteiger partial charge in [0.1, 0.15) is 6.33 Å². The molecule has 0 saturated carbocycles. The summed E-state index contributed by atoms with van der Waals surface area (Å²) in [6, 6.07) is 0. The van der Waals surface area contributed by atoms with E-state index < -0.39 is 0 Å². The number of aryl methyl sites for hydroxylation is 1. The maximum absolute atomic E-state index is 5.50. The smallest absolute Gasteiger partial charge is 0.221 e. The van der Waals surface area contributed by atoms with Gasteiger partial charge < -0.3 is 10.1 Å². The molecule has 0 radical (unpaired) electrons. The van der Waals surface area contributed by atoms with E-state index in [0.29, 0.717) is 6.10 Å². The van der Waals surface area contributed by atoms with Gasteiger partial charge in [-0.3, -0.25) is 0 Å². The standard InChI is InChI=1S/C9H16N4O/c1-2-13-9(11-7-12-13)10-6-8-4-3-5-14-8/h7-8H,2-6H2,1H3,(H,10,11,12). The van der Waals surface area contributed by atoms with Crippen molar-refractivity contribution < 1.29 is 4.74 Å². The van der Waals surface area contributed by atoms with Crippen molar-refractivity contribution in [2.24, 2.45) is 0 Å². The Balaban J connectivity index is 1.84. The number of anilines is 1. The van der Waals surface area contributed by atoms with Gasteiger partial charge in [-0.1, -0.05) is 0 Å². The zero-order valence-electron chi connectivity index (χ0n) is 8.44. The molecule has 78 valence electrons. The lowest BCUT2D eigenvalue weighted by Gasteiger charge is -2.11. The number of nitrogens with one attached hydrogen (secondary N) is 1. The number of rotatable bonds is 4. The molecule has 0 amide bonds. The molecule has 0 bridgehead atoms. The third-order valence-electron chi connectivity index (χ3n) is 2.43. The Bertz CT molecular complexity index is 280. The normalized spacial score (nSPS) is 21.4. The Morgan fingerprint density at radius 3 is 3.36 bits per heavy atom. The summed E-state index contributed by atoms with van der Waals surface area (Å²) in [5, 5.41) is 7.33. The molecule has 1 unspecified atom stereocenters. The van der Waals surface area contributed by atoms with Crippen LogP contribution in [0.15, 0.2) is 6.33 Å². The first-order valence-corrected chi connectivity index (χ1v) is 5.13. The van der Waals surface area contributed by atoms with Gasteiger partial charge in [0.2, 0.25) is 5.95 Å². The fourth-order valence-electron chi connectivity index (χ4n) is 1.64. The largest absolute Gasteiger partial charge is 0.376 e. The lowest BCUT2D eigenvalue weighted by atomic mass is 10.2. The molecular weight excluding hydrogens is 180 g/mol. The number of hydrogen-bond acceptors (Lipinski definition) is 4. The van der Waals surface area contributed by atoms with E-state index in [2.05, 4.69) is 15.4 Å². The van der Waals surface area contributed by atoms with Crippen LogP contribution >= 0.6 is 0 Å². The zero-order valence-corrected chi connectivity index (χ0v) is 8.44. The second kappa shape index (κ2) is 4.41. The van der Waals surface area contributed by atoms with Crippen molar-refractivity contribution >= 4 is 5.95 Å². The first-order valence-electron chi connectivity index (χ1n) is 5.13. The summed E-state index contributed by atoms with van der Waals surface area (Å²) in [6.45, 7) is 4.62. The molecule has 0 aromatic carbocycles. The van der Waals surface area contributed by atoms with Gasteiger partial charge in [0.25, 0.3) is 0 Å². The minimum Gasteiger partial charge on any atom is -0.376 e. The predicted molar refractivity (Wildman–Crippen MR) is 53.2 cm³/mol. The van der Waals surface area contributed by atoms with Crippen LogP contribution in [-0.4, -0.2) is 34.0 Å². The van der Waals surface area contributed by atoms with Crippen LogP contribution in [0.2, 0.25) is 0 Å². The van der Waals surface area contributed by atoms with Crippen LogP contribution in [0.4, 0.5) is 5.95 Å². The van der Waals surface area contributed by atoms with E-state index >= 15 is 0 Å². The van der Waals surface area contributed by atoms with Crippen LogP contribution in [0, 0.1) is 0 Å². The van der Waals surface area contributed by atoms with Crippen LogP contribution < -0.4 is 5.32 Å². The van der Waals surface area contributed by atoms with Crippen molar-refractivity contribution in [3.05, 3.63) is 6.33 Å². The zero-order chi connectivity index (χ0) is 9.80. The van der Waals surface area contributed by atoms with Crippen molar-refractivity contribution in [2.75, 3.05) is 18.5 Å². The van der Waals surface area contributed by atoms with E-state index in [1.54, 1.807) is 6.33 Å². The summed E-state index contributed by atoms with van der Waals surface area (Å²) in [4.78, 5) is 4.13. The molecule has 1 aromatic heterocycles. The van der Waals surface area contributed by atoms with Gasteiger partial charge in [-0.2, -0.15) is 10.1 Å². The average molecular weight is 196 g/mol. The maximum Gasteiger partial charge on any atom is 0.221 e. The van der Waals surface area contributed by atoms with Crippen molar-refractivity contribution in [3.63, 3.8) is 0 Å². The van der Waals surface area contributed by atoms with Gasteiger partial charge in [-0.05, 0) is 19.8 Å². The monoisotopic (exact) mass is 196 g/mol. The molecule has 1 aromatic rings. The number of nitrogens with zero attached hydrogens (tertiary/aromatic N) is 3. The van der Waals surface area contributed by atoms with Crippen molar-refractivity contribution in [1.82, 2.24) is 14.8 Å². The van der Waals surface area contributed by atoms with Gasteiger partial charge in [0.15, 0.2) is 0 Å². The molecule has 1 N–H and O–H groups in total. The summed E-state index contributed by atoms with van der Waals surface area (Å²) in [6.07, 6.45) is 4.23. The fraction of sp³-hybridized carbons (Fsp3) is 0.778. The van der Waals surface area contributed by atoms with E-state index in [1.165, 1.54) is 6.42 Å². The topological polar surface area (TPSA) is 52.0 Å². The number of hydrogen-bond donors (Lipinski definition) is 1. The number of aromatic nitrogens is 3. The molecule has 1 aliphatic rings. The number of ether oxygens (including phenoxy) is 1. The first-order chi connectivity index (χ1) is 6.90. The van der Waals surface area contributed by atoms with Crippen LogP contribution in [0.1, 0.15) is 19.8 Å².